The van der Waals surface area contributed by atoms with E-state index in [0.717, 1.165) is 17.4 Å². The molecule has 2 nitrogen and oxygen atoms in total. The molecular formula is C17H16CuO2+2. The van der Waals surface area contributed by atoms with Crippen LogP contribution in [-0.4, -0.2) is 12.1 Å². The van der Waals surface area contributed by atoms with Gasteiger partial charge in [0.15, 0.2) is 0 Å². The van der Waals surface area contributed by atoms with Gasteiger partial charge >= 0.3 is 17.1 Å². The third-order valence-electron chi connectivity index (χ3n) is 3.14. The Morgan fingerprint density at radius 3 is 2.05 bits per heavy atom. The molecule has 1 radical (unpaired) electrons. The number of carbonyl (C=O) groups excluding carboxylic acids is 2. The maximum atomic E-state index is 12.1. The van der Waals surface area contributed by atoms with Crippen molar-refractivity contribution >= 4 is 12.1 Å². The summed E-state index contributed by atoms with van der Waals surface area (Å²) in [5.74, 6) is -0.657. The molecule has 2 aromatic carbocycles. The van der Waals surface area contributed by atoms with Crippen molar-refractivity contribution in [1.82, 2.24) is 0 Å². The van der Waals surface area contributed by atoms with E-state index < -0.39 is 5.92 Å². The molecule has 0 saturated heterocycles. The van der Waals surface area contributed by atoms with E-state index in [0.29, 0.717) is 12.8 Å². The average Bonchev–Trinajstić information content (AvgIpc) is 2.48. The summed E-state index contributed by atoms with van der Waals surface area (Å²) in [6.07, 6.45) is 1.81. The Morgan fingerprint density at radius 2 is 1.50 bits per heavy atom. The average molecular weight is 316 g/mol. The molecule has 2 rings (SSSR count). The minimum Gasteiger partial charge on any atom is -0.302 e. The number of aryl methyl sites for hydroxylation is 1. The van der Waals surface area contributed by atoms with Crippen molar-refractivity contribution < 1.29 is 26.7 Å². The molecule has 0 spiro atoms. The fraction of sp³-hybridized carbons (Fsp3) is 0.176. The summed E-state index contributed by atoms with van der Waals surface area (Å²) in [4.78, 5) is 23.3. The smallest absolute Gasteiger partial charge is 0.302 e. The van der Waals surface area contributed by atoms with Gasteiger partial charge in [-0.1, -0.05) is 60.7 Å². The van der Waals surface area contributed by atoms with E-state index >= 15 is 0 Å². The van der Waals surface area contributed by atoms with Crippen molar-refractivity contribution in [3.63, 3.8) is 0 Å². The summed E-state index contributed by atoms with van der Waals surface area (Å²) in [7, 11) is 0. The molecule has 0 amide bonds. The monoisotopic (exact) mass is 315 g/mol. The van der Waals surface area contributed by atoms with Crippen LogP contribution in [0.25, 0.3) is 0 Å². The molecule has 2 aromatic rings. The molecule has 0 aliphatic heterocycles. The number of benzene rings is 2. The largest absolute Gasteiger partial charge is 2.00 e. The molecule has 0 bridgehead atoms. The van der Waals surface area contributed by atoms with Gasteiger partial charge < -0.3 is 4.79 Å². The zero-order chi connectivity index (χ0) is 13.5. The normalized spacial score (nSPS) is 11.2. The molecule has 0 heterocycles. The van der Waals surface area contributed by atoms with E-state index in [4.69, 9.17) is 0 Å². The van der Waals surface area contributed by atoms with Crippen LogP contribution >= 0.6 is 0 Å². The summed E-state index contributed by atoms with van der Waals surface area (Å²) in [5.41, 5.74) is 1.89. The van der Waals surface area contributed by atoms with Crippen LogP contribution in [0.5, 0.6) is 0 Å². The van der Waals surface area contributed by atoms with Crippen LogP contribution in [0.2, 0.25) is 0 Å². The fourth-order valence-corrected chi connectivity index (χ4v) is 2.07. The van der Waals surface area contributed by atoms with Crippen LogP contribution in [0.4, 0.5) is 0 Å². The van der Waals surface area contributed by atoms with E-state index in [1.165, 1.54) is 0 Å². The molecule has 0 fully saturated rings. The van der Waals surface area contributed by atoms with Crippen LogP contribution in [0.3, 0.4) is 0 Å². The number of carbonyl (C=O) groups is 2. The second-order valence-corrected chi connectivity index (χ2v) is 4.48. The third-order valence-corrected chi connectivity index (χ3v) is 3.14. The van der Waals surface area contributed by atoms with Gasteiger partial charge in [-0.15, -0.1) is 0 Å². The van der Waals surface area contributed by atoms with Gasteiger partial charge in [0.05, 0.1) is 5.92 Å². The molecular weight excluding hydrogens is 300 g/mol. The minimum absolute atomic E-state index is 0. The van der Waals surface area contributed by atoms with Gasteiger partial charge in [0.1, 0.15) is 12.1 Å². The van der Waals surface area contributed by atoms with Crippen molar-refractivity contribution in [1.29, 1.82) is 0 Å². The van der Waals surface area contributed by atoms with Crippen molar-refractivity contribution in [2.45, 2.75) is 18.8 Å². The van der Waals surface area contributed by atoms with Gasteiger partial charge in [0.2, 0.25) is 0 Å². The van der Waals surface area contributed by atoms with Crippen LogP contribution in [0.1, 0.15) is 23.5 Å². The standard InChI is InChI=1S/C17H16O2.Cu/c18-13-16(15-9-5-2-6-10-15)17(19)12-11-14-7-3-1-4-8-14;/h1-10,13,16H,11-12H2;/q;+2. The maximum absolute atomic E-state index is 12.1. The zero-order valence-corrected chi connectivity index (χ0v) is 11.9. The van der Waals surface area contributed by atoms with Crippen LogP contribution in [-0.2, 0) is 33.1 Å². The summed E-state index contributed by atoms with van der Waals surface area (Å²) in [6.45, 7) is 0. The van der Waals surface area contributed by atoms with Crippen molar-refractivity contribution in [3.05, 3.63) is 71.8 Å². The SMILES string of the molecule is O=CC(C(=O)CCc1ccccc1)c1ccccc1.[Cu+2]. The second-order valence-electron chi connectivity index (χ2n) is 4.48. The quantitative estimate of drug-likeness (QED) is 0.466. The van der Waals surface area contributed by atoms with Crippen molar-refractivity contribution in [2.75, 3.05) is 0 Å². The minimum atomic E-state index is -0.634. The Kier molecular flexibility index (Phi) is 6.92. The molecule has 1 atom stereocenters. The summed E-state index contributed by atoms with van der Waals surface area (Å²) < 4.78 is 0. The molecule has 1 unspecified atom stereocenters. The van der Waals surface area contributed by atoms with Gasteiger partial charge in [0.25, 0.3) is 0 Å². The van der Waals surface area contributed by atoms with Crippen LogP contribution < -0.4 is 0 Å². The second kappa shape index (κ2) is 8.47. The Bertz CT molecular complexity index is 537. The Labute approximate surface area is 129 Å². The van der Waals surface area contributed by atoms with E-state index in [9.17, 15) is 9.59 Å². The van der Waals surface area contributed by atoms with Gasteiger partial charge in [-0.3, -0.25) is 4.79 Å². The van der Waals surface area contributed by atoms with Crippen LogP contribution in [0, 0.1) is 0 Å². The van der Waals surface area contributed by atoms with Crippen LogP contribution in [0.15, 0.2) is 60.7 Å². The summed E-state index contributed by atoms with van der Waals surface area (Å²) in [6, 6.07) is 19.0. The molecule has 0 N–H and O–H groups in total. The Hall–Kier alpha value is -1.70. The maximum Gasteiger partial charge on any atom is 2.00 e. The number of aldehydes is 1. The van der Waals surface area contributed by atoms with Crippen molar-refractivity contribution in [2.24, 2.45) is 0 Å². The van der Waals surface area contributed by atoms with E-state index in [2.05, 4.69) is 0 Å². The van der Waals surface area contributed by atoms with Crippen molar-refractivity contribution in [3.8, 4) is 0 Å². The molecule has 0 aliphatic rings. The number of Topliss-reactive ketones (excluding diaryl/α,β-unsaturated/α-hetero) is 1. The van der Waals surface area contributed by atoms with Gasteiger partial charge in [-0.25, -0.2) is 0 Å². The first-order valence-corrected chi connectivity index (χ1v) is 6.38. The number of ketones is 1. The van der Waals surface area contributed by atoms with Gasteiger partial charge in [-0.2, -0.15) is 0 Å². The molecule has 0 aliphatic carbocycles. The topological polar surface area (TPSA) is 34.1 Å². The number of hydrogen-bond acceptors (Lipinski definition) is 2. The predicted molar refractivity (Wildman–Crippen MR) is 75.0 cm³/mol. The first-order chi connectivity index (χ1) is 9.31. The summed E-state index contributed by atoms with van der Waals surface area (Å²) >= 11 is 0. The van der Waals surface area contributed by atoms with E-state index in [1.807, 2.05) is 60.7 Å². The fourth-order valence-electron chi connectivity index (χ4n) is 2.07. The number of rotatable bonds is 6. The van der Waals surface area contributed by atoms with Gasteiger partial charge in [-0.05, 0) is 17.5 Å². The molecule has 105 valence electrons. The number of hydrogen-bond donors (Lipinski definition) is 0. The van der Waals surface area contributed by atoms with E-state index in [1.54, 1.807) is 0 Å². The molecule has 20 heavy (non-hydrogen) atoms. The molecule has 3 heteroatoms. The molecule has 0 aromatic heterocycles. The Morgan fingerprint density at radius 1 is 0.950 bits per heavy atom. The summed E-state index contributed by atoms with van der Waals surface area (Å²) in [5, 5.41) is 0. The predicted octanol–water partition coefficient (Wildman–Crippen LogP) is 3.17. The molecule has 0 saturated carbocycles. The zero-order valence-electron chi connectivity index (χ0n) is 11.0. The first-order valence-electron chi connectivity index (χ1n) is 6.38. The first kappa shape index (κ1) is 16.4. The van der Waals surface area contributed by atoms with E-state index in [-0.39, 0.29) is 22.9 Å². The Balaban J connectivity index is 0.00000200. The van der Waals surface area contributed by atoms with Gasteiger partial charge in [0, 0.05) is 6.42 Å². The third kappa shape index (κ3) is 4.44.